The molecule has 8 heteroatoms. The van der Waals surface area contributed by atoms with Gasteiger partial charge in [0, 0.05) is 50.5 Å². The third-order valence-electron chi connectivity index (χ3n) is 6.15. The van der Waals surface area contributed by atoms with Crippen LogP contribution in [0.4, 0.5) is 0 Å². The van der Waals surface area contributed by atoms with Crippen molar-refractivity contribution in [1.29, 1.82) is 0 Å². The number of carbonyl (C=O) groups is 1. The van der Waals surface area contributed by atoms with Gasteiger partial charge in [0.15, 0.2) is 0 Å². The van der Waals surface area contributed by atoms with Crippen molar-refractivity contribution in [3.05, 3.63) is 77.6 Å². The molecule has 1 saturated heterocycles. The molecule has 1 aliphatic rings. The van der Waals surface area contributed by atoms with Crippen LogP contribution in [0.5, 0.6) is 5.75 Å². The highest BCUT2D eigenvalue weighted by Gasteiger charge is 2.37. The van der Waals surface area contributed by atoms with Gasteiger partial charge in [-0.3, -0.25) is 9.78 Å². The van der Waals surface area contributed by atoms with Crippen LogP contribution >= 0.6 is 0 Å². The lowest BCUT2D eigenvalue weighted by molar-refractivity contribution is -0.226. The molecule has 0 unspecified atom stereocenters. The van der Waals surface area contributed by atoms with E-state index in [-0.39, 0.29) is 12.5 Å². The van der Waals surface area contributed by atoms with Crippen molar-refractivity contribution in [3.8, 4) is 11.4 Å². The Bertz CT molecular complexity index is 1170. The number of nitrogens with zero attached hydrogens (tertiary/aromatic N) is 4. The van der Waals surface area contributed by atoms with Gasteiger partial charge < -0.3 is 23.7 Å². The number of hydrogen-bond donors (Lipinski definition) is 0. The van der Waals surface area contributed by atoms with E-state index in [2.05, 4.69) is 9.97 Å². The summed E-state index contributed by atoms with van der Waals surface area (Å²) in [6.07, 6.45) is 10.6. The number of likely N-dealkylation sites (tertiary alicyclic amines) is 1. The Morgan fingerprint density at radius 3 is 2.53 bits per heavy atom. The van der Waals surface area contributed by atoms with Gasteiger partial charge >= 0.3 is 0 Å². The molecule has 0 bridgehead atoms. The van der Waals surface area contributed by atoms with Gasteiger partial charge in [-0.2, -0.15) is 0 Å². The van der Waals surface area contributed by atoms with Crippen LogP contribution in [0.15, 0.2) is 60.8 Å². The number of carbonyl (C=O) groups excluding carboxylic acids is 1. The molecule has 4 rings (SSSR count). The Morgan fingerprint density at radius 1 is 1.12 bits per heavy atom. The summed E-state index contributed by atoms with van der Waals surface area (Å²) < 4.78 is 19.1. The van der Waals surface area contributed by atoms with Gasteiger partial charge in [0.2, 0.25) is 11.7 Å². The van der Waals surface area contributed by atoms with E-state index in [1.165, 1.54) is 0 Å². The van der Waals surface area contributed by atoms with Gasteiger partial charge in [0.25, 0.3) is 0 Å². The van der Waals surface area contributed by atoms with E-state index in [4.69, 9.17) is 14.2 Å². The molecule has 0 saturated carbocycles. The minimum absolute atomic E-state index is 0.0212. The number of aryl methyl sites for hydroxylation is 1. The summed E-state index contributed by atoms with van der Waals surface area (Å²) in [5, 5.41) is 0. The average molecular weight is 463 g/mol. The van der Waals surface area contributed by atoms with Gasteiger partial charge in [-0.25, -0.2) is 4.98 Å². The number of aromatic nitrogens is 3. The predicted octanol–water partition coefficient (Wildman–Crippen LogP) is 3.74. The summed E-state index contributed by atoms with van der Waals surface area (Å²) in [5.41, 5.74) is 4.28. The minimum atomic E-state index is -1.06. The zero-order chi connectivity index (χ0) is 24.1. The maximum atomic E-state index is 13.4. The van der Waals surface area contributed by atoms with Crippen LogP contribution in [0, 0.1) is 6.92 Å². The van der Waals surface area contributed by atoms with Crippen molar-refractivity contribution in [1.82, 2.24) is 19.4 Å². The van der Waals surface area contributed by atoms with Crippen LogP contribution in [0.1, 0.15) is 29.7 Å². The van der Waals surface area contributed by atoms with Gasteiger partial charge in [0.05, 0.1) is 31.4 Å². The highest BCUT2D eigenvalue weighted by atomic mass is 16.7. The molecule has 2 aromatic heterocycles. The van der Waals surface area contributed by atoms with Crippen molar-refractivity contribution in [2.45, 2.75) is 25.6 Å². The molecule has 1 aromatic carbocycles. The Kier molecular flexibility index (Phi) is 7.09. The molecule has 1 amide bonds. The largest absolute Gasteiger partial charge is 0.495 e. The lowest BCUT2D eigenvalue weighted by Gasteiger charge is -2.38. The summed E-state index contributed by atoms with van der Waals surface area (Å²) in [7, 11) is 4.82. The molecule has 1 aliphatic heterocycles. The number of methoxy groups -OCH3 is 3. The topological polar surface area (TPSA) is 78.7 Å². The third kappa shape index (κ3) is 4.73. The van der Waals surface area contributed by atoms with E-state index in [1.807, 2.05) is 54.1 Å². The average Bonchev–Trinajstić information content (AvgIpc) is 3.31. The van der Waals surface area contributed by atoms with Crippen LogP contribution < -0.4 is 4.74 Å². The quantitative estimate of drug-likeness (QED) is 0.375. The smallest absolute Gasteiger partial charge is 0.249 e. The van der Waals surface area contributed by atoms with Crippen LogP contribution in [0.2, 0.25) is 0 Å². The van der Waals surface area contributed by atoms with E-state index >= 15 is 0 Å². The molecule has 0 atom stereocenters. The number of ether oxygens (including phenoxy) is 3. The third-order valence-corrected chi connectivity index (χ3v) is 6.15. The van der Waals surface area contributed by atoms with Crippen molar-refractivity contribution in [2.75, 3.05) is 34.4 Å². The number of pyridine rings is 1. The molecule has 0 aliphatic carbocycles. The highest BCUT2D eigenvalue weighted by Crippen LogP contribution is 2.31. The summed E-state index contributed by atoms with van der Waals surface area (Å²) in [4.78, 5) is 23.6. The minimum Gasteiger partial charge on any atom is -0.495 e. The van der Waals surface area contributed by atoms with Gasteiger partial charge in [-0.05, 0) is 55.7 Å². The Morgan fingerprint density at radius 2 is 1.88 bits per heavy atom. The SMILES string of the molecule is COc1cc(C=C2CCCN(CC(OC)(OC)c3ccncc3)C2=O)ccc1-n1cnc(C)c1. The normalized spacial score (nSPS) is 15.7. The van der Waals surface area contributed by atoms with Crippen LogP contribution in [-0.4, -0.2) is 59.8 Å². The molecule has 0 N–H and O–H groups in total. The fourth-order valence-corrected chi connectivity index (χ4v) is 4.30. The van der Waals surface area contributed by atoms with Crippen molar-refractivity contribution in [2.24, 2.45) is 0 Å². The van der Waals surface area contributed by atoms with E-state index in [1.54, 1.807) is 45.0 Å². The number of benzene rings is 1. The number of amides is 1. The predicted molar refractivity (Wildman–Crippen MR) is 129 cm³/mol. The molecule has 0 spiro atoms. The van der Waals surface area contributed by atoms with Gasteiger partial charge in [-0.15, -0.1) is 0 Å². The number of rotatable bonds is 8. The number of piperidine rings is 1. The molecule has 34 heavy (non-hydrogen) atoms. The van der Waals surface area contributed by atoms with Crippen LogP contribution in [0.3, 0.4) is 0 Å². The fourth-order valence-electron chi connectivity index (χ4n) is 4.30. The summed E-state index contributed by atoms with van der Waals surface area (Å²) in [6, 6.07) is 9.58. The maximum absolute atomic E-state index is 13.4. The number of hydrogen-bond acceptors (Lipinski definition) is 6. The van der Waals surface area contributed by atoms with Crippen molar-refractivity contribution < 1.29 is 19.0 Å². The fraction of sp³-hybridized carbons (Fsp3) is 0.346. The van der Waals surface area contributed by atoms with E-state index in [0.717, 1.165) is 34.5 Å². The molecule has 1 fully saturated rings. The van der Waals surface area contributed by atoms with Crippen LogP contribution in [0.25, 0.3) is 11.8 Å². The summed E-state index contributed by atoms with van der Waals surface area (Å²) in [6.45, 7) is 2.86. The standard InChI is InChI=1S/C26H30N4O4/c1-19-16-30(18-28-19)23-8-7-20(15-24(23)32-2)14-21-6-5-13-29(25(21)31)17-26(33-3,34-4)22-9-11-27-12-10-22/h7-12,14-16,18H,5-6,13,17H2,1-4H3. The van der Waals surface area contributed by atoms with Gasteiger partial charge in [0.1, 0.15) is 5.75 Å². The zero-order valence-electron chi connectivity index (χ0n) is 20.0. The van der Waals surface area contributed by atoms with Gasteiger partial charge in [-0.1, -0.05) is 6.07 Å². The first-order valence-electron chi connectivity index (χ1n) is 11.2. The second-order valence-electron chi connectivity index (χ2n) is 8.25. The Labute approximate surface area is 199 Å². The van der Waals surface area contributed by atoms with E-state index in [0.29, 0.717) is 18.7 Å². The maximum Gasteiger partial charge on any atom is 0.249 e. The van der Waals surface area contributed by atoms with Crippen molar-refractivity contribution in [3.63, 3.8) is 0 Å². The van der Waals surface area contributed by atoms with E-state index in [9.17, 15) is 4.79 Å². The lowest BCUT2D eigenvalue weighted by Crippen LogP contribution is -2.48. The first kappa shape index (κ1) is 23.7. The Hall–Kier alpha value is -3.49. The van der Waals surface area contributed by atoms with Crippen LogP contribution in [-0.2, 0) is 20.1 Å². The molecule has 8 nitrogen and oxygen atoms in total. The molecular formula is C26H30N4O4. The Balaban J connectivity index is 1.59. The lowest BCUT2D eigenvalue weighted by atomic mass is 9.98. The van der Waals surface area contributed by atoms with Crippen molar-refractivity contribution >= 4 is 12.0 Å². The monoisotopic (exact) mass is 462 g/mol. The number of imidazole rings is 1. The first-order chi connectivity index (χ1) is 16.5. The molecule has 3 aromatic rings. The summed E-state index contributed by atoms with van der Waals surface area (Å²) in [5.74, 6) is -0.371. The highest BCUT2D eigenvalue weighted by molar-refractivity contribution is 5.98. The zero-order valence-corrected chi connectivity index (χ0v) is 20.0. The second-order valence-corrected chi connectivity index (χ2v) is 8.25. The molecule has 0 radical (unpaired) electrons. The first-order valence-corrected chi connectivity index (χ1v) is 11.2. The summed E-state index contributed by atoms with van der Waals surface area (Å²) >= 11 is 0. The molecular weight excluding hydrogens is 432 g/mol. The second kappa shape index (κ2) is 10.2. The molecule has 3 heterocycles. The molecule has 178 valence electrons. The van der Waals surface area contributed by atoms with E-state index < -0.39 is 5.79 Å².